The van der Waals surface area contributed by atoms with Gasteiger partial charge in [-0.25, -0.2) is 10.9 Å². The third-order valence-electron chi connectivity index (χ3n) is 3.62. The zero-order valence-corrected chi connectivity index (χ0v) is 12.6. The van der Waals surface area contributed by atoms with Crippen LogP contribution in [0.4, 0.5) is 5.69 Å². The van der Waals surface area contributed by atoms with Gasteiger partial charge in [0, 0.05) is 11.3 Å². The van der Waals surface area contributed by atoms with E-state index in [0.29, 0.717) is 32.3 Å². The summed E-state index contributed by atoms with van der Waals surface area (Å²) < 4.78 is 0. The third-order valence-corrected chi connectivity index (χ3v) is 3.95. The van der Waals surface area contributed by atoms with Crippen molar-refractivity contribution in [3.8, 4) is 0 Å². The van der Waals surface area contributed by atoms with E-state index in [4.69, 9.17) is 18.1 Å². The average Bonchev–Trinajstić information content (AvgIpc) is 2.74. The number of amides is 2. The number of fused-ring (bicyclic) bond motifs is 1. The second kappa shape index (κ2) is 5.32. The Labute approximate surface area is 132 Å². The average molecular weight is 311 g/mol. The van der Waals surface area contributed by atoms with Gasteiger partial charge in [-0.2, -0.15) is 0 Å². The molecule has 3 rings (SSSR count). The van der Waals surface area contributed by atoms with Crippen LogP contribution in [-0.2, 0) is 0 Å². The molecule has 0 bridgehead atoms. The van der Waals surface area contributed by atoms with Gasteiger partial charge in [-0.15, -0.1) is 0 Å². The molecule has 0 aliphatic carbocycles. The van der Waals surface area contributed by atoms with Gasteiger partial charge in [0.05, 0.1) is 11.1 Å². The number of anilines is 1. The normalized spacial score (nSPS) is 13.3. The summed E-state index contributed by atoms with van der Waals surface area (Å²) in [7, 11) is 0. The van der Waals surface area contributed by atoms with Crippen molar-refractivity contribution in [1.82, 2.24) is 5.01 Å². The molecule has 1 aliphatic rings. The van der Waals surface area contributed by atoms with Gasteiger partial charge in [0.15, 0.2) is 0 Å². The van der Waals surface area contributed by atoms with Crippen LogP contribution in [0.5, 0.6) is 0 Å². The molecule has 0 fully saturated rings. The Kier molecular flexibility index (Phi) is 3.48. The maximum absolute atomic E-state index is 12.1. The summed E-state index contributed by atoms with van der Waals surface area (Å²) in [5.74, 6) is 4.49. The first-order valence-corrected chi connectivity index (χ1v) is 7.05. The standard InChI is InChI=1S/C16H13N3O2S/c1-9-11(14(22)18-10-5-3-2-4-6-10)7-8-12-13(9)16(21)19(17)15(12)20/h2-8H,17H2,1H3,(H,18,22). The van der Waals surface area contributed by atoms with Crippen molar-refractivity contribution in [3.63, 3.8) is 0 Å². The van der Waals surface area contributed by atoms with Crippen LogP contribution in [0, 0.1) is 6.92 Å². The van der Waals surface area contributed by atoms with Crippen molar-refractivity contribution in [2.45, 2.75) is 6.92 Å². The van der Waals surface area contributed by atoms with Crippen LogP contribution in [0.1, 0.15) is 31.8 Å². The molecule has 110 valence electrons. The molecule has 2 aromatic carbocycles. The van der Waals surface area contributed by atoms with E-state index in [2.05, 4.69) is 5.32 Å². The second-order valence-electron chi connectivity index (χ2n) is 4.96. The summed E-state index contributed by atoms with van der Waals surface area (Å²) in [5, 5.41) is 3.75. The van der Waals surface area contributed by atoms with Crippen LogP contribution in [0.15, 0.2) is 42.5 Å². The third kappa shape index (κ3) is 2.18. The quantitative estimate of drug-likeness (QED) is 0.385. The second-order valence-corrected chi connectivity index (χ2v) is 5.37. The van der Waals surface area contributed by atoms with Crippen LogP contribution in [0.25, 0.3) is 0 Å². The summed E-state index contributed by atoms with van der Waals surface area (Å²) in [6, 6.07) is 12.8. The number of nitrogens with zero attached hydrogens (tertiary/aromatic N) is 1. The van der Waals surface area contributed by atoms with Crippen molar-refractivity contribution >= 4 is 34.7 Å². The SMILES string of the molecule is Cc1c(C(=S)Nc2ccccc2)ccc2c1C(=O)N(N)C2=O. The number of para-hydroxylation sites is 1. The van der Waals surface area contributed by atoms with Crippen molar-refractivity contribution in [2.75, 3.05) is 5.32 Å². The van der Waals surface area contributed by atoms with E-state index in [0.717, 1.165) is 5.69 Å². The molecule has 0 atom stereocenters. The minimum absolute atomic E-state index is 0.316. The first kappa shape index (κ1) is 14.4. The molecule has 2 aromatic rings. The maximum Gasteiger partial charge on any atom is 0.276 e. The van der Waals surface area contributed by atoms with E-state index in [1.54, 1.807) is 19.1 Å². The van der Waals surface area contributed by atoms with Crippen molar-refractivity contribution in [3.05, 3.63) is 64.7 Å². The molecule has 1 heterocycles. The summed E-state index contributed by atoms with van der Waals surface area (Å²) in [6.45, 7) is 1.76. The molecule has 0 radical (unpaired) electrons. The van der Waals surface area contributed by atoms with Crippen molar-refractivity contribution in [2.24, 2.45) is 5.84 Å². The van der Waals surface area contributed by atoms with E-state index in [1.807, 2.05) is 30.3 Å². The molecule has 6 heteroatoms. The Balaban J connectivity index is 1.99. The minimum Gasteiger partial charge on any atom is -0.346 e. The number of nitrogens with one attached hydrogen (secondary N) is 1. The van der Waals surface area contributed by atoms with Crippen LogP contribution in [-0.4, -0.2) is 21.8 Å². The fourth-order valence-electron chi connectivity index (χ4n) is 2.47. The molecule has 0 aromatic heterocycles. The fourth-order valence-corrected chi connectivity index (χ4v) is 2.81. The Bertz CT molecular complexity index is 803. The predicted molar refractivity (Wildman–Crippen MR) is 87.6 cm³/mol. The summed E-state index contributed by atoms with van der Waals surface area (Å²) in [6.07, 6.45) is 0. The molecule has 0 saturated heterocycles. The molecule has 0 saturated carbocycles. The number of benzene rings is 2. The Morgan fingerprint density at radius 2 is 1.77 bits per heavy atom. The van der Waals surface area contributed by atoms with Crippen LogP contribution in [0.3, 0.4) is 0 Å². The molecular formula is C16H13N3O2S. The first-order chi connectivity index (χ1) is 10.5. The van der Waals surface area contributed by atoms with Gasteiger partial charge in [-0.3, -0.25) is 9.59 Å². The van der Waals surface area contributed by atoms with Crippen LogP contribution >= 0.6 is 12.2 Å². The smallest absolute Gasteiger partial charge is 0.276 e. The highest BCUT2D eigenvalue weighted by Crippen LogP contribution is 2.27. The number of rotatable bonds is 2. The lowest BCUT2D eigenvalue weighted by Crippen LogP contribution is -2.36. The number of carbonyl (C=O) groups excluding carboxylic acids is 2. The predicted octanol–water partition coefficient (Wildman–Crippen LogP) is 2.25. The minimum atomic E-state index is -0.498. The fraction of sp³-hybridized carbons (Fsp3) is 0.0625. The van der Waals surface area contributed by atoms with Gasteiger partial charge < -0.3 is 5.32 Å². The lowest BCUT2D eigenvalue weighted by molar-refractivity contribution is 0.0653. The molecule has 0 unspecified atom stereocenters. The van der Waals surface area contributed by atoms with Gasteiger partial charge >= 0.3 is 0 Å². The number of imide groups is 1. The van der Waals surface area contributed by atoms with Gasteiger partial charge in [0.25, 0.3) is 11.8 Å². The zero-order valence-electron chi connectivity index (χ0n) is 11.8. The highest BCUT2D eigenvalue weighted by Gasteiger charge is 2.35. The maximum atomic E-state index is 12.1. The number of nitrogens with two attached hydrogens (primary N) is 1. The largest absolute Gasteiger partial charge is 0.346 e. The Hall–Kier alpha value is -2.57. The lowest BCUT2D eigenvalue weighted by Gasteiger charge is -2.12. The number of thiocarbonyl (C=S) groups is 1. The van der Waals surface area contributed by atoms with E-state index in [1.165, 1.54) is 0 Å². The number of hydrogen-bond acceptors (Lipinski definition) is 4. The summed E-state index contributed by atoms with van der Waals surface area (Å²) in [4.78, 5) is 24.4. The highest BCUT2D eigenvalue weighted by atomic mass is 32.1. The highest BCUT2D eigenvalue weighted by molar-refractivity contribution is 7.81. The molecule has 3 N–H and O–H groups in total. The van der Waals surface area contributed by atoms with E-state index in [9.17, 15) is 9.59 Å². The number of carbonyl (C=O) groups is 2. The van der Waals surface area contributed by atoms with Crippen molar-refractivity contribution in [1.29, 1.82) is 0 Å². The van der Waals surface area contributed by atoms with Crippen LogP contribution in [0.2, 0.25) is 0 Å². The molecule has 0 spiro atoms. The molecular weight excluding hydrogens is 298 g/mol. The molecule has 5 nitrogen and oxygen atoms in total. The lowest BCUT2D eigenvalue weighted by atomic mass is 9.98. The van der Waals surface area contributed by atoms with Gasteiger partial charge in [0.1, 0.15) is 4.99 Å². The Morgan fingerprint density at radius 3 is 2.45 bits per heavy atom. The van der Waals surface area contributed by atoms with Crippen molar-refractivity contribution < 1.29 is 9.59 Å². The van der Waals surface area contributed by atoms with Gasteiger partial charge in [0.2, 0.25) is 0 Å². The molecule has 2 amide bonds. The van der Waals surface area contributed by atoms with Gasteiger partial charge in [-0.1, -0.05) is 36.5 Å². The van der Waals surface area contributed by atoms with E-state index < -0.39 is 11.8 Å². The molecule has 22 heavy (non-hydrogen) atoms. The Morgan fingerprint density at radius 1 is 1.09 bits per heavy atom. The van der Waals surface area contributed by atoms with Crippen LogP contribution < -0.4 is 11.2 Å². The van der Waals surface area contributed by atoms with E-state index in [-0.39, 0.29) is 0 Å². The summed E-state index contributed by atoms with van der Waals surface area (Å²) >= 11 is 5.41. The van der Waals surface area contributed by atoms with Gasteiger partial charge in [-0.05, 0) is 30.7 Å². The number of hydrazine groups is 1. The monoisotopic (exact) mass is 311 g/mol. The first-order valence-electron chi connectivity index (χ1n) is 6.64. The summed E-state index contributed by atoms with van der Waals surface area (Å²) in [5.41, 5.74) is 2.85. The number of hydrogen-bond donors (Lipinski definition) is 2. The zero-order chi connectivity index (χ0) is 15.9. The topological polar surface area (TPSA) is 75.4 Å². The van der Waals surface area contributed by atoms with E-state index >= 15 is 0 Å². The molecule has 1 aliphatic heterocycles.